The number of rotatable bonds is 5. The lowest BCUT2D eigenvalue weighted by atomic mass is 9.88. The SMILES string of the molecule is c1ccc(-c2cccc3c2oc2c(-c4ccccc4-c4ccccc4-c4cccc5c4oc4c(-c6ccccc6)cccc45)cccc23)cc1. The number of hydrogen-bond acceptors (Lipinski definition) is 2. The maximum atomic E-state index is 6.85. The smallest absolute Gasteiger partial charge is 0.143 e. The Balaban J connectivity index is 1.18. The van der Waals surface area contributed by atoms with Crippen molar-refractivity contribution < 1.29 is 8.83 Å². The maximum absolute atomic E-state index is 6.85. The van der Waals surface area contributed by atoms with E-state index < -0.39 is 0 Å². The van der Waals surface area contributed by atoms with Crippen LogP contribution in [0.3, 0.4) is 0 Å². The van der Waals surface area contributed by atoms with Crippen LogP contribution in [0.15, 0.2) is 191 Å². The highest BCUT2D eigenvalue weighted by Crippen LogP contribution is 2.46. The lowest BCUT2D eigenvalue weighted by molar-refractivity contribution is 0.670. The van der Waals surface area contributed by atoms with E-state index in [4.69, 9.17) is 8.83 Å². The highest BCUT2D eigenvalue weighted by Gasteiger charge is 2.21. The van der Waals surface area contributed by atoms with Crippen molar-refractivity contribution in [3.63, 3.8) is 0 Å². The topological polar surface area (TPSA) is 26.3 Å². The zero-order chi connectivity index (χ0) is 33.0. The fourth-order valence-corrected chi connectivity index (χ4v) is 7.66. The van der Waals surface area contributed by atoms with E-state index in [2.05, 4.69) is 170 Å². The van der Waals surface area contributed by atoms with Crippen LogP contribution in [-0.2, 0) is 0 Å². The monoisotopic (exact) mass is 638 g/mol. The first-order valence-electron chi connectivity index (χ1n) is 17.0. The van der Waals surface area contributed by atoms with Crippen LogP contribution in [0.5, 0.6) is 0 Å². The summed E-state index contributed by atoms with van der Waals surface area (Å²) >= 11 is 0. The Kier molecular flexibility index (Phi) is 6.53. The third kappa shape index (κ3) is 4.43. The fraction of sp³-hybridized carbons (Fsp3) is 0. The van der Waals surface area contributed by atoms with E-state index in [9.17, 15) is 0 Å². The van der Waals surface area contributed by atoms with E-state index in [1.165, 1.54) is 0 Å². The summed E-state index contributed by atoms with van der Waals surface area (Å²) in [5, 5.41) is 4.46. The van der Waals surface area contributed by atoms with Crippen molar-refractivity contribution in [3.05, 3.63) is 182 Å². The molecule has 0 aliphatic carbocycles. The Hall–Kier alpha value is -6.64. The van der Waals surface area contributed by atoms with Crippen molar-refractivity contribution in [2.24, 2.45) is 0 Å². The van der Waals surface area contributed by atoms with Crippen molar-refractivity contribution in [1.29, 1.82) is 0 Å². The Morgan fingerprint density at radius 2 is 0.460 bits per heavy atom. The second-order valence-corrected chi connectivity index (χ2v) is 12.8. The second kappa shape index (κ2) is 11.5. The van der Waals surface area contributed by atoms with Crippen molar-refractivity contribution in [2.45, 2.75) is 0 Å². The van der Waals surface area contributed by atoms with Crippen molar-refractivity contribution in [1.82, 2.24) is 0 Å². The Labute approximate surface area is 289 Å². The molecule has 2 nitrogen and oxygen atoms in total. The molecule has 0 N–H and O–H groups in total. The first kappa shape index (κ1) is 28.4. The minimum atomic E-state index is 0.892. The molecular formula is C48H30O2. The van der Waals surface area contributed by atoms with Crippen LogP contribution >= 0.6 is 0 Å². The van der Waals surface area contributed by atoms with Gasteiger partial charge in [-0.2, -0.15) is 0 Å². The molecule has 2 heteroatoms. The van der Waals surface area contributed by atoms with Crippen LogP contribution in [-0.4, -0.2) is 0 Å². The van der Waals surface area contributed by atoms with Crippen LogP contribution in [0, 0.1) is 0 Å². The Bertz CT molecular complexity index is 2660. The summed E-state index contributed by atoms with van der Waals surface area (Å²) in [4.78, 5) is 0. The second-order valence-electron chi connectivity index (χ2n) is 12.8. The normalized spacial score (nSPS) is 11.6. The van der Waals surface area contributed by atoms with Crippen molar-refractivity contribution in [2.75, 3.05) is 0 Å². The molecule has 8 aromatic carbocycles. The van der Waals surface area contributed by atoms with Crippen LogP contribution in [0.4, 0.5) is 0 Å². The van der Waals surface area contributed by atoms with Gasteiger partial charge in [0.1, 0.15) is 22.3 Å². The molecule has 0 aliphatic heterocycles. The quantitative estimate of drug-likeness (QED) is 0.187. The van der Waals surface area contributed by atoms with Gasteiger partial charge < -0.3 is 8.83 Å². The molecule has 234 valence electrons. The molecule has 10 aromatic rings. The molecule has 2 heterocycles. The van der Waals surface area contributed by atoms with E-state index >= 15 is 0 Å². The highest BCUT2D eigenvalue weighted by molar-refractivity contribution is 6.16. The predicted octanol–water partition coefficient (Wildman–Crippen LogP) is 13.8. The van der Waals surface area contributed by atoms with Crippen molar-refractivity contribution in [3.8, 4) is 55.6 Å². The molecule has 10 rings (SSSR count). The van der Waals surface area contributed by atoms with Crippen molar-refractivity contribution >= 4 is 43.9 Å². The molecule has 0 unspecified atom stereocenters. The number of fused-ring (bicyclic) bond motifs is 6. The number of benzene rings is 8. The van der Waals surface area contributed by atoms with E-state index in [1.807, 2.05) is 12.1 Å². The molecule has 0 atom stereocenters. The van der Waals surface area contributed by atoms with Gasteiger partial charge >= 0.3 is 0 Å². The average Bonchev–Trinajstić information content (AvgIpc) is 3.78. The summed E-state index contributed by atoms with van der Waals surface area (Å²) in [7, 11) is 0. The molecule has 2 aromatic heterocycles. The lowest BCUT2D eigenvalue weighted by Gasteiger charge is -2.15. The van der Waals surface area contributed by atoms with Gasteiger partial charge in [-0.05, 0) is 33.4 Å². The fourth-order valence-electron chi connectivity index (χ4n) is 7.66. The molecule has 0 bridgehead atoms. The minimum absolute atomic E-state index is 0.892. The van der Waals surface area contributed by atoms with Gasteiger partial charge in [-0.1, -0.05) is 182 Å². The van der Waals surface area contributed by atoms with Gasteiger partial charge in [0.05, 0.1) is 0 Å². The van der Waals surface area contributed by atoms with Gasteiger partial charge in [-0.25, -0.2) is 0 Å². The molecule has 0 saturated carbocycles. The summed E-state index contributed by atoms with van der Waals surface area (Å²) in [6.07, 6.45) is 0. The summed E-state index contributed by atoms with van der Waals surface area (Å²) in [5.74, 6) is 0. The maximum Gasteiger partial charge on any atom is 0.143 e. The van der Waals surface area contributed by atoms with Crippen LogP contribution in [0.25, 0.3) is 99.5 Å². The van der Waals surface area contributed by atoms with Gasteiger partial charge in [0, 0.05) is 43.8 Å². The van der Waals surface area contributed by atoms with E-state index in [0.717, 1.165) is 99.5 Å². The predicted molar refractivity (Wildman–Crippen MR) is 208 cm³/mol. The van der Waals surface area contributed by atoms with Gasteiger partial charge in [0.2, 0.25) is 0 Å². The molecule has 0 radical (unpaired) electrons. The summed E-state index contributed by atoms with van der Waals surface area (Å²) < 4.78 is 13.7. The Morgan fingerprint density at radius 1 is 0.200 bits per heavy atom. The van der Waals surface area contributed by atoms with Crippen LogP contribution in [0.2, 0.25) is 0 Å². The van der Waals surface area contributed by atoms with E-state index in [0.29, 0.717) is 0 Å². The molecule has 50 heavy (non-hydrogen) atoms. The third-order valence-electron chi connectivity index (χ3n) is 9.94. The summed E-state index contributed by atoms with van der Waals surface area (Å²) in [6.45, 7) is 0. The summed E-state index contributed by atoms with van der Waals surface area (Å²) in [6, 6.07) is 64.1. The van der Waals surface area contributed by atoms with E-state index in [-0.39, 0.29) is 0 Å². The number of furan rings is 2. The number of para-hydroxylation sites is 4. The largest absolute Gasteiger partial charge is 0.455 e. The number of hydrogen-bond donors (Lipinski definition) is 0. The molecule has 0 amide bonds. The van der Waals surface area contributed by atoms with Gasteiger partial charge in [-0.3, -0.25) is 0 Å². The Morgan fingerprint density at radius 3 is 0.820 bits per heavy atom. The van der Waals surface area contributed by atoms with E-state index in [1.54, 1.807) is 0 Å². The van der Waals surface area contributed by atoms with Gasteiger partial charge in [0.15, 0.2) is 0 Å². The molecule has 0 saturated heterocycles. The lowest BCUT2D eigenvalue weighted by Crippen LogP contribution is -1.89. The first-order chi connectivity index (χ1) is 24.8. The molecular weight excluding hydrogens is 609 g/mol. The van der Waals surface area contributed by atoms with Gasteiger partial charge in [-0.15, -0.1) is 0 Å². The average molecular weight is 639 g/mol. The van der Waals surface area contributed by atoms with Gasteiger partial charge in [0.25, 0.3) is 0 Å². The summed E-state index contributed by atoms with van der Waals surface area (Å²) in [5.41, 5.74) is 14.7. The van der Waals surface area contributed by atoms with Crippen LogP contribution in [0.1, 0.15) is 0 Å². The minimum Gasteiger partial charge on any atom is -0.455 e. The zero-order valence-electron chi connectivity index (χ0n) is 27.1. The molecule has 0 fully saturated rings. The van der Waals surface area contributed by atoms with Crippen LogP contribution < -0.4 is 0 Å². The standard InChI is InChI=1S/C48H30O2/c1-3-15-31(16-4-1)33-23-11-27-41-43-29-13-25-39(47(43)49-45(33)41)37-21-9-7-19-35(37)36-20-8-10-22-38(36)40-26-14-30-44-42-28-12-24-34(46(42)50-48(40)44)32-17-5-2-6-18-32/h1-30H. The molecule has 0 spiro atoms. The highest BCUT2D eigenvalue weighted by atomic mass is 16.3. The first-order valence-corrected chi connectivity index (χ1v) is 17.0. The third-order valence-corrected chi connectivity index (χ3v) is 9.94. The zero-order valence-corrected chi connectivity index (χ0v) is 27.1. The molecule has 0 aliphatic rings.